The Morgan fingerprint density at radius 1 is 1.53 bits per heavy atom. The highest BCUT2D eigenvalue weighted by Crippen LogP contribution is 2.17. The highest BCUT2D eigenvalue weighted by molar-refractivity contribution is 14.1. The summed E-state index contributed by atoms with van der Waals surface area (Å²) >= 11 is 2.23. The molecule has 1 N–H and O–H groups in total. The van der Waals surface area contributed by atoms with E-state index < -0.39 is 0 Å². The molecule has 1 aromatic rings. The number of hydrogen-bond acceptors (Lipinski definition) is 2. The van der Waals surface area contributed by atoms with Gasteiger partial charge in [0.15, 0.2) is 0 Å². The minimum Gasteiger partial charge on any atom is -0.352 e. The fourth-order valence-electron chi connectivity index (χ4n) is 2.47. The smallest absolute Gasteiger partial charge is 0.251 e. The summed E-state index contributed by atoms with van der Waals surface area (Å²) < 4.78 is 1.09. The van der Waals surface area contributed by atoms with E-state index in [4.69, 9.17) is 0 Å². The van der Waals surface area contributed by atoms with Crippen molar-refractivity contribution in [3.05, 3.63) is 33.4 Å². The van der Waals surface area contributed by atoms with E-state index in [9.17, 15) is 4.79 Å². The first-order chi connectivity index (χ1) is 9.06. The van der Waals surface area contributed by atoms with E-state index >= 15 is 0 Å². The Bertz CT molecular complexity index is 448. The minimum absolute atomic E-state index is 0.0431. The van der Waals surface area contributed by atoms with Gasteiger partial charge >= 0.3 is 0 Å². The summed E-state index contributed by atoms with van der Waals surface area (Å²) in [5, 5.41) is 3.06. The van der Waals surface area contributed by atoms with E-state index in [1.165, 1.54) is 6.42 Å². The lowest BCUT2D eigenvalue weighted by Gasteiger charge is -2.20. The van der Waals surface area contributed by atoms with Crippen LogP contribution in [0.1, 0.15) is 30.6 Å². The van der Waals surface area contributed by atoms with Crippen molar-refractivity contribution < 1.29 is 4.79 Å². The number of likely N-dealkylation sites (tertiary alicyclic amines) is 1. The summed E-state index contributed by atoms with van der Waals surface area (Å²) in [6, 6.07) is 8.32. The Hall–Kier alpha value is -0.620. The van der Waals surface area contributed by atoms with Crippen LogP contribution in [0.4, 0.5) is 0 Å². The molecule has 0 saturated carbocycles. The predicted molar refractivity (Wildman–Crippen MR) is 86.3 cm³/mol. The second-order valence-corrected chi connectivity index (χ2v) is 6.71. The molecule has 1 unspecified atom stereocenters. The average molecular weight is 372 g/mol. The van der Waals surface area contributed by atoms with Crippen LogP contribution < -0.4 is 5.32 Å². The van der Waals surface area contributed by atoms with E-state index in [0.29, 0.717) is 12.0 Å². The van der Waals surface area contributed by atoms with Crippen molar-refractivity contribution in [2.45, 2.75) is 26.3 Å². The van der Waals surface area contributed by atoms with Gasteiger partial charge in [-0.2, -0.15) is 0 Å². The van der Waals surface area contributed by atoms with Gasteiger partial charge in [0.2, 0.25) is 0 Å². The first-order valence-corrected chi connectivity index (χ1v) is 7.92. The summed E-state index contributed by atoms with van der Waals surface area (Å²) in [7, 11) is 0. The van der Waals surface area contributed by atoms with Crippen LogP contribution in [0.25, 0.3) is 0 Å². The molecule has 4 heteroatoms. The van der Waals surface area contributed by atoms with Gasteiger partial charge in [-0.05, 0) is 73.5 Å². The van der Waals surface area contributed by atoms with Gasteiger partial charge in [0.25, 0.3) is 5.91 Å². The lowest BCUT2D eigenvalue weighted by Crippen LogP contribution is -2.33. The first kappa shape index (κ1) is 14.8. The van der Waals surface area contributed by atoms with Gasteiger partial charge in [-0.3, -0.25) is 4.79 Å². The van der Waals surface area contributed by atoms with Gasteiger partial charge in [0.05, 0.1) is 0 Å². The Balaban J connectivity index is 1.82. The van der Waals surface area contributed by atoms with E-state index in [-0.39, 0.29) is 5.91 Å². The first-order valence-electron chi connectivity index (χ1n) is 6.84. The molecule has 2 rings (SSSR count). The lowest BCUT2D eigenvalue weighted by atomic mass is 10.1. The normalized spacial score (nSPS) is 19.9. The standard InChI is InChI=1S/C15H21IN2O/c1-11(2)18-7-6-12(10-18)9-17-15(19)13-4-3-5-14(16)8-13/h3-5,8,11-12H,6-7,9-10H2,1-2H3,(H,17,19). The zero-order chi connectivity index (χ0) is 13.8. The number of hydrogen-bond donors (Lipinski definition) is 1. The van der Waals surface area contributed by atoms with Crippen LogP contribution in [0.3, 0.4) is 0 Å². The molecule has 0 bridgehead atoms. The summed E-state index contributed by atoms with van der Waals surface area (Å²) in [6.07, 6.45) is 1.19. The quantitative estimate of drug-likeness (QED) is 0.825. The summed E-state index contributed by atoms with van der Waals surface area (Å²) in [5.74, 6) is 0.635. The zero-order valence-electron chi connectivity index (χ0n) is 11.5. The molecule has 0 aromatic heterocycles. The molecule has 1 aromatic carbocycles. The average Bonchev–Trinajstić information content (AvgIpc) is 2.85. The van der Waals surface area contributed by atoms with Gasteiger partial charge in [0, 0.05) is 28.3 Å². The maximum absolute atomic E-state index is 12.0. The van der Waals surface area contributed by atoms with Crippen molar-refractivity contribution in [2.24, 2.45) is 5.92 Å². The number of carbonyl (C=O) groups is 1. The Morgan fingerprint density at radius 2 is 2.32 bits per heavy atom. The Kier molecular flexibility index (Phi) is 5.21. The Labute approximate surface area is 128 Å². The number of amides is 1. The van der Waals surface area contributed by atoms with Crippen molar-refractivity contribution >= 4 is 28.5 Å². The molecule has 1 fully saturated rings. The van der Waals surface area contributed by atoms with E-state index in [1.54, 1.807) is 0 Å². The molecule has 3 nitrogen and oxygen atoms in total. The molecule has 0 spiro atoms. The highest BCUT2D eigenvalue weighted by Gasteiger charge is 2.24. The van der Waals surface area contributed by atoms with Crippen LogP contribution in [-0.2, 0) is 0 Å². The van der Waals surface area contributed by atoms with E-state index in [2.05, 4.69) is 46.7 Å². The molecule has 0 radical (unpaired) electrons. The minimum atomic E-state index is 0.0431. The SMILES string of the molecule is CC(C)N1CCC(CNC(=O)c2cccc(I)c2)C1. The van der Waals surface area contributed by atoms with Crippen LogP contribution in [0.5, 0.6) is 0 Å². The van der Waals surface area contributed by atoms with Crippen LogP contribution in [0, 0.1) is 9.49 Å². The third kappa shape index (κ3) is 4.18. The van der Waals surface area contributed by atoms with Gasteiger partial charge in [-0.25, -0.2) is 0 Å². The number of rotatable bonds is 4. The molecular formula is C15H21IN2O. The largest absolute Gasteiger partial charge is 0.352 e. The van der Waals surface area contributed by atoms with Crippen molar-refractivity contribution in [2.75, 3.05) is 19.6 Å². The highest BCUT2D eigenvalue weighted by atomic mass is 127. The van der Waals surface area contributed by atoms with Crippen LogP contribution in [0.15, 0.2) is 24.3 Å². The number of nitrogens with zero attached hydrogens (tertiary/aromatic N) is 1. The van der Waals surface area contributed by atoms with Crippen molar-refractivity contribution in [1.29, 1.82) is 0 Å². The number of benzene rings is 1. The summed E-state index contributed by atoms with van der Waals surface area (Å²) in [4.78, 5) is 14.5. The fraction of sp³-hybridized carbons (Fsp3) is 0.533. The van der Waals surface area contributed by atoms with Gasteiger partial charge in [-0.15, -0.1) is 0 Å². The molecule has 19 heavy (non-hydrogen) atoms. The molecule has 1 heterocycles. The molecule has 1 amide bonds. The van der Waals surface area contributed by atoms with Crippen molar-refractivity contribution in [3.8, 4) is 0 Å². The molecule has 0 aliphatic carbocycles. The van der Waals surface area contributed by atoms with E-state index in [1.807, 2.05) is 24.3 Å². The second kappa shape index (κ2) is 6.70. The van der Waals surface area contributed by atoms with Crippen molar-refractivity contribution in [1.82, 2.24) is 10.2 Å². The molecule has 104 valence electrons. The van der Waals surface area contributed by atoms with Gasteiger partial charge in [-0.1, -0.05) is 6.07 Å². The summed E-state index contributed by atoms with van der Waals surface area (Å²) in [5.41, 5.74) is 0.755. The predicted octanol–water partition coefficient (Wildman–Crippen LogP) is 2.75. The van der Waals surface area contributed by atoms with Crippen LogP contribution >= 0.6 is 22.6 Å². The molecule has 1 saturated heterocycles. The van der Waals surface area contributed by atoms with Crippen molar-refractivity contribution in [3.63, 3.8) is 0 Å². The monoisotopic (exact) mass is 372 g/mol. The molecular weight excluding hydrogens is 351 g/mol. The third-order valence-corrected chi connectivity index (χ3v) is 4.36. The lowest BCUT2D eigenvalue weighted by molar-refractivity contribution is 0.0947. The second-order valence-electron chi connectivity index (χ2n) is 5.46. The van der Waals surface area contributed by atoms with E-state index in [0.717, 1.165) is 28.8 Å². The maximum Gasteiger partial charge on any atom is 0.251 e. The van der Waals surface area contributed by atoms with Gasteiger partial charge in [0.1, 0.15) is 0 Å². The summed E-state index contributed by atoms with van der Waals surface area (Å²) in [6.45, 7) is 7.50. The zero-order valence-corrected chi connectivity index (χ0v) is 13.7. The number of halogens is 1. The Morgan fingerprint density at radius 3 is 2.95 bits per heavy atom. The fourth-order valence-corrected chi connectivity index (χ4v) is 3.01. The van der Waals surface area contributed by atoms with Crippen LogP contribution in [-0.4, -0.2) is 36.5 Å². The third-order valence-electron chi connectivity index (χ3n) is 3.69. The number of nitrogens with one attached hydrogen (secondary N) is 1. The molecule has 1 aliphatic rings. The van der Waals surface area contributed by atoms with Gasteiger partial charge < -0.3 is 10.2 Å². The molecule has 1 atom stereocenters. The van der Waals surface area contributed by atoms with Crippen LogP contribution in [0.2, 0.25) is 0 Å². The topological polar surface area (TPSA) is 32.3 Å². The molecule has 1 aliphatic heterocycles. The maximum atomic E-state index is 12.0. The number of carbonyl (C=O) groups excluding carboxylic acids is 1.